The summed E-state index contributed by atoms with van der Waals surface area (Å²) in [5.41, 5.74) is 4.59. The summed E-state index contributed by atoms with van der Waals surface area (Å²) < 4.78 is 5.20. The normalized spacial score (nSPS) is 13.5. The smallest absolute Gasteiger partial charge is 0.168 e. The van der Waals surface area contributed by atoms with Gasteiger partial charge in [-0.1, -0.05) is 30.8 Å². The number of benzene rings is 2. The first-order valence-corrected chi connectivity index (χ1v) is 6.19. The molecule has 0 fully saturated rings. The minimum Gasteiger partial charge on any atom is -0.497 e. The molecule has 0 N–H and O–H groups in total. The summed E-state index contributed by atoms with van der Waals surface area (Å²) in [6.07, 6.45) is 0.412. The van der Waals surface area contributed by atoms with E-state index in [2.05, 4.69) is 6.58 Å². The number of carbonyl (C=O) groups is 1. The number of carbonyl (C=O) groups excluding carboxylic acids is 1. The second-order valence-electron chi connectivity index (χ2n) is 4.65. The van der Waals surface area contributed by atoms with Crippen LogP contribution in [0.15, 0.2) is 49.0 Å². The van der Waals surface area contributed by atoms with E-state index in [9.17, 15) is 4.79 Å². The Labute approximate surface area is 112 Å². The summed E-state index contributed by atoms with van der Waals surface area (Å²) >= 11 is 0. The average molecular weight is 250 g/mol. The summed E-state index contributed by atoms with van der Waals surface area (Å²) in [7, 11) is 1.60. The van der Waals surface area contributed by atoms with Crippen molar-refractivity contribution in [2.45, 2.75) is 6.42 Å². The van der Waals surface area contributed by atoms with Crippen LogP contribution in [0.25, 0.3) is 5.57 Å². The Bertz CT molecular complexity index is 683. The van der Waals surface area contributed by atoms with E-state index in [0.717, 1.165) is 22.3 Å². The lowest BCUT2D eigenvalue weighted by Gasteiger charge is -2.10. The fourth-order valence-corrected chi connectivity index (χ4v) is 2.53. The van der Waals surface area contributed by atoms with Crippen molar-refractivity contribution in [3.05, 3.63) is 71.3 Å². The molecule has 1 aliphatic rings. The molecule has 0 radical (unpaired) electrons. The Kier molecular flexibility index (Phi) is 2.71. The van der Waals surface area contributed by atoms with Crippen molar-refractivity contribution in [1.82, 2.24) is 0 Å². The second kappa shape index (κ2) is 4.39. The monoisotopic (exact) mass is 250 g/mol. The first kappa shape index (κ1) is 11.7. The van der Waals surface area contributed by atoms with E-state index < -0.39 is 0 Å². The highest BCUT2D eigenvalue weighted by atomic mass is 16.5. The van der Waals surface area contributed by atoms with Gasteiger partial charge in [0.05, 0.1) is 7.11 Å². The zero-order valence-electron chi connectivity index (χ0n) is 10.8. The molecule has 0 aliphatic heterocycles. The molecule has 19 heavy (non-hydrogen) atoms. The Balaban J connectivity index is 2.23. The largest absolute Gasteiger partial charge is 0.497 e. The van der Waals surface area contributed by atoms with Crippen molar-refractivity contribution in [2.75, 3.05) is 7.11 Å². The molecule has 1 aliphatic carbocycles. The van der Waals surface area contributed by atoms with E-state index in [1.807, 2.05) is 36.4 Å². The van der Waals surface area contributed by atoms with Gasteiger partial charge >= 0.3 is 0 Å². The molecule has 0 saturated carbocycles. The van der Waals surface area contributed by atoms with Gasteiger partial charge in [0.25, 0.3) is 0 Å². The lowest BCUT2D eigenvalue weighted by molar-refractivity contribution is 0.0993. The van der Waals surface area contributed by atoms with E-state index in [0.29, 0.717) is 17.7 Å². The van der Waals surface area contributed by atoms with Crippen molar-refractivity contribution in [3.8, 4) is 5.75 Å². The highest BCUT2D eigenvalue weighted by molar-refractivity contribution is 6.06. The van der Waals surface area contributed by atoms with Crippen LogP contribution in [0.3, 0.4) is 0 Å². The summed E-state index contributed by atoms with van der Waals surface area (Å²) in [5, 5.41) is 0. The van der Waals surface area contributed by atoms with Gasteiger partial charge in [-0.2, -0.15) is 0 Å². The number of hydrogen-bond acceptors (Lipinski definition) is 2. The number of methoxy groups -OCH3 is 1. The van der Waals surface area contributed by atoms with Crippen LogP contribution in [0.1, 0.15) is 27.0 Å². The van der Waals surface area contributed by atoms with Crippen LogP contribution in [0.5, 0.6) is 5.75 Å². The maximum absolute atomic E-state index is 12.4. The molecule has 0 bridgehead atoms. The molecule has 0 unspecified atom stereocenters. The van der Waals surface area contributed by atoms with Crippen molar-refractivity contribution < 1.29 is 9.53 Å². The molecule has 0 atom stereocenters. The molecule has 0 spiro atoms. The Morgan fingerprint density at radius 3 is 2.63 bits per heavy atom. The number of hydrogen-bond donors (Lipinski definition) is 0. The lowest BCUT2D eigenvalue weighted by atomic mass is 9.95. The highest BCUT2D eigenvalue weighted by Gasteiger charge is 2.22. The first-order valence-electron chi connectivity index (χ1n) is 6.19. The van der Waals surface area contributed by atoms with Gasteiger partial charge < -0.3 is 4.74 Å². The van der Waals surface area contributed by atoms with Crippen LogP contribution in [0, 0.1) is 0 Å². The second-order valence-corrected chi connectivity index (χ2v) is 4.65. The van der Waals surface area contributed by atoms with Crippen LogP contribution in [0.2, 0.25) is 0 Å². The van der Waals surface area contributed by atoms with Gasteiger partial charge in [-0.3, -0.25) is 4.79 Å². The van der Waals surface area contributed by atoms with E-state index in [4.69, 9.17) is 4.74 Å². The van der Waals surface area contributed by atoms with Crippen molar-refractivity contribution >= 4 is 11.4 Å². The molecule has 3 rings (SSSR count). The molecule has 2 heteroatoms. The van der Waals surface area contributed by atoms with Gasteiger partial charge in [-0.05, 0) is 40.5 Å². The van der Waals surface area contributed by atoms with Crippen molar-refractivity contribution in [3.63, 3.8) is 0 Å². The van der Waals surface area contributed by atoms with Crippen LogP contribution < -0.4 is 4.74 Å². The SMILES string of the molecule is C=C1c2ccccc2CC(=O)c2cc(OC)ccc21. The van der Waals surface area contributed by atoms with Gasteiger partial charge in [0.15, 0.2) is 5.78 Å². The number of rotatable bonds is 1. The molecule has 0 saturated heterocycles. The number of Topliss-reactive ketones (excluding diaryl/α,β-unsaturated/α-hetero) is 1. The summed E-state index contributed by atoms with van der Waals surface area (Å²) in [4.78, 5) is 12.4. The van der Waals surface area contributed by atoms with Gasteiger partial charge in [-0.15, -0.1) is 0 Å². The molecule has 2 aromatic rings. The lowest BCUT2D eigenvalue weighted by Crippen LogP contribution is -2.04. The maximum atomic E-state index is 12.4. The van der Waals surface area contributed by atoms with Crippen LogP contribution >= 0.6 is 0 Å². The van der Waals surface area contributed by atoms with Crippen LogP contribution in [-0.4, -0.2) is 12.9 Å². The Hall–Kier alpha value is -2.35. The summed E-state index contributed by atoms with van der Waals surface area (Å²) in [5.74, 6) is 0.811. The minimum absolute atomic E-state index is 0.111. The first-order chi connectivity index (χ1) is 9.20. The van der Waals surface area contributed by atoms with Crippen LogP contribution in [-0.2, 0) is 6.42 Å². The maximum Gasteiger partial charge on any atom is 0.168 e. The third kappa shape index (κ3) is 1.85. The number of ketones is 1. The average Bonchev–Trinajstić information content (AvgIpc) is 2.55. The van der Waals surface area contributed by atoms with E-state index in [1.54, 1.807) is 13.2 Å². The van der Waals surface area contributed by atoms with Gasteiger partial charge in [0.1, 0.15) is 5.75 Å². The van der Waals surface area contributed by atoms with Crippen LogP contribution in [0.4, 0.5) is 0 Å². The van der Waals surface area contributed by atoms with Crippen molar-refractivity contribution in [2.24, 2.45) is 0 Å². The molecular formula is C17H14O2. The fourth-order valence-electron chi connectivity index (χ4n) is 2.53. The fraction of sp³-hybridized carbons (Fsp3) is 0.118. The third-order valence-corrected chi connectivity index (χ3v) is 3.55. The highest BCUT2D eigenvalue weighted by Crippen LogP contribution is 2.33. The van der Waals surface area contributed by atoms with E-state index in [-0.39, 0.29) is 5.78 Å². The zero-order valence-corrected chi connectivity index (χ0v) is 10.8. The summed E-state index contributed by atoms with van der Waals surface area (Å²) in [6.45, 7) is 4.15. The van der Waals surface area contributed by atoms with E-state index >= 15 is 0 Å². The molecule has 0 amide bonds. The van der Waals surface area contributed by atoms with Gasteiger partial charge in [-0.25, -0.2) is 0 Å². The minimum atomic E-state index is 0.111. The number of fused-ring (bicyclic) bond motifs is 2. The standard InChI is InChI=1S/C17H14O2/c1-11-14-6-4-3-5-12(14)9-17(18)16-10-13(19-2)7-8-15(11)16/h3-8,10H,1,9H2,2H3. The predicted molar refractivity (Wildman–Crippen MR) is 75.6 cm³/mol. The molecule has 0 heterocycles. The summed E-state index contributed by atoms with van der Waals surface area (Å²) in [6, 6.07) is 13.5. The molecule has 0 aromatic heterocycles. The van der Waals surface area contributed by atoms with Gasteiger partial charge in [0, 0.05) is 12.0 Å². The number of ether oxygens (including phenoxy) is 1. The zero-order chi connectivity index (χ0) is 13.4. The molecular weight excluding hydrogens is 236 g/mol. The Morgan fingerprint density at radius 2 is 1.84 bits per heavy atom. The predicted octanol–water partition coefficient (Wildman–Crippen LogP) is 3.50. The molecule has 2 nitrogen and oxygen atoms in total. The Morgan fingerprint density at radius 1 is 1.05 bits per heavy atom. The van der Waals surface area contributed by atoms with Crippen molar-refractivity contribution in [1.29, 1.82) is 0 Å². The molecule has 94 valence electrons. The third-order valence-electron chi connectivity index (χ3n) is 3.55. The topological polar surface area (TPSA) is 26.3 Å². The quantitative estimate of drug-likeness (QED) is 0.774. The van der Waals surface area contributed by atoms with Gasteiger partial charge in [0.2, 0.25) is 0 Å². The van der Waals surface area contributed by atoms with E-state index in [1.165, 1.54) is 0 Å². The molecule has 2 aromatic carbocycles.